The average molecular weight is 660 g/mol. The molecule has 0 aliphatic carbocycles. The van der Waals surface area contributed by atoms with Crippen LogP contribution < -0.4 is 14.5 Å². The van der Waals surface area contributed by atoms with Crippen LogP contribution in [0.15, 0.2) is 133 Å². The predicted molar refractivity (Wildman–Crippen MR) is 205 cm³/mol. The molecule has 4 nitrogen and oxygen atoms in total. The maximum atomic E-state index is 6.71. The second-order valence-corrected chi connectivity index (χ2v) is 15.3. The predicted octanol–water partition coefficient (Wildman–Crippen LogP) is 12.7. The van der Waals surface area contributed by atoms with Crippen LogP contribution in [0.1, 0.15) is 26.3 Å². The van der Waals surface area contributed by atoms with E-state index in [1.165, 1.54) is 53.6 Å². The lowest BCUT2D eigenvalue weighted by molar-refractivity contribution is 0.497. The Morgan fingerprint density at radius 3 is 2.25 bits per heavy atom. The molecule has 0 unspecified atom stereocenters. The van der Waals surface area contributed by atoms with Gasteiger partial charge in [0.2, 0.25) is 0 Å². The van der Waals surface area contributed by atoms with Gasteiger partial charge in [-0.2, -0.15) is 0 Å². The molecule has 234 valence electrons. The molecule has 1 aliphatic rings. The van der Waals surface area contributed by atoms with Crippen LogP contribution >= 0.6 is 22.7 Å². The summed E-state index contributed by atoms with van der Waals surface area (Å²) in [6.07, 6.45) is 1.95. The third kappa shape index (κ3) is 4.91. The molecule has 0 saturated heterocycles. The van der Waals surface area contributed by atoms with Crippen LogP contribution in [0.25, 0.3) is 42.2 Å². The van der Waals surface area contributed by atoms with E-state index < -0.39 is 0 Å². The number of ether oxygens (including phenoxy) is 1. The van der Waals surface area contributed by atoms with Crippen LogP contribution in [-0.4, -0.2) is 11.7 Å². The van der Waals surface area contributed by atoms with Gasteiger partial charge in [0.05, 0.1) is 17.1 Å². The number of nitrogens with zero attached hydrogens (tertiary/aromatic N) is 3. The maximum Gasteiger partial charge on any atom is 0.182 e. The summed E-state index contributed by atoms with van der Waals surface area (Å²) in [5.74, 6) is 0.814. The highest BCUT2D eigenvalue weighted by Crippen LogP contribution is 2.48. The lowest BCUT2D eigenvalue weighted by Crippen LogP contribution is -2.23. The molecule has 5 aromatic carbocycles. The molecule has 0 atom stereocenters. The standard InChI is InChI=1S/C42H33N3OS2/c1-42(2,3)28-18-20-43-36(22-28)33-24-34-32(17-16-27-19-21-47-40(27)34)41-35(33)25-39(48-41)46-31-13-9-12-30(23-31)45-26-44(29-10-5-4-6-11-29)37-14-7-8-15-38(37)45/h4-25H,26H2,1-3H3. The van der Waals surface area contributed by atoms with Gasteiger partial charge >= 0.3 is 0 Å². The quantitative estimate of drug-likeness (QED) is 0.184. The second-order valence-electron chi connectivity index (χ2n) is 13.3. The first-order chi connectivity index (χ1) is 23.4. The van der Waals surface area contributed by atoms with Crippen molar-refractivity contribution in [2.75, 3.05) is 16.5 Å². The molecule has 1 aliphatic heterocycles. The van der Waals surface area contributed by atoms with Crippen molar-refractivity contribution < 1.29 is 4.74 Å². The molecule has 0 saturated carbocycles. The first kappa shape index (κ1) is 29.0. The summed E-state index contributed by atoms with van der Waals surface area (Å²) in [5.41, 5.74) is 8.07. The molecule has 0 spiro atoms. The van der Waals surface area contributed by atoms with E-state index in [0.29, 0.717) is 0 Å². The molecular weight excluding hydrogens is 627 g/mol. The van der Waals surface area contributed by atoms with Crippen LogP contribution in [0.2, 0.25) is 0 Å². The normalized spacial score (nSPS) is 13.1. The van der Waals surface area contributed by atoms with E-state index in [9.17, 15) is 0 Å². The number of benzene rings is 5. The monoisotopic (exact) mass is 659 g/mol. The van der Waals surface area contributed by atoms with E-state index in [-0.39, 0.29) is 5.41 Å². The topological polar surface area (TPSA) is 28.6 Å². The summed E-state index contributed by atoms with van der Waals surface area (Å²) in [6.45, 7) is 7.48. The molecule has 8 aromatic rings. The largest absolute Gasteiger partial charge is 0.447 e. The fourth-order valence-corrected chi connectivity index (χ4v) is 8.79. The summed E-state index contributed by atoms with van der Waals surface area (Å²) in [4.78, 5) is 9.61. The number of rotatable bonds is 5. The van der Waals surface area contributed by atoms with Crippen molar-refractivity contribution in [2.45, 2.75) is 26.2 Å². The van der Waals surface area contributed by atoms with Crippen molar-refractivity contribution >= 4 is 76.4 Å². The van der Waals surface area contributed by atoms with E-state index >= 15 is 0 Å². The smallest absolute Gasteiger partial charge is 0.182 e. The van der Waals surface area contributed by atoms with Crippen LogP contribution in [0.3, 0.4) is 0 Å². The highest BCUT2D eigenvalue weighted by molar-refractivity contribution is 7.22. The molecule has 0 radical (unpaired) electrons. The number of aromatic nitrogens is 1. The minimum absolute atomic E-state index is 0.0244. The minimum atomic E-state index is 0.0244. The molecular formula is C42H33N3OS2. The fourth-order valence-electron chi connectivity index (χ4n) is 6.79. The first-order valence-electron chi connectivity index (χ1n) is 16.2. The first-order valence-corrected chi connectivity index (χ1v) is 17.9. The summed E-state index contributed by atoms with van der Waals surface area (Å²) in [5, 5.41) is 7.99. The summed E-state index contributed by atoms with van der Waals surface area (Å²) in [7, 11) is 0. The molecule has 0 N–H and O–H groups in total. The molecule has 0 amide bonds. The van der Waals surface area contributed by atoms with Crippen LogP contribution in [-0.2, 0) is 5.41 Å². The highest BCUT2D eigenvalue weighted by atomic mass is 32.1. The lowest BCUT2D eigenvalue weighted by Gasteiger charge is -2.22. The SMILES string of the molecule is CC(C)(C)c1ccnc(-c2cc3c(ccc4ccsc43)c3sc(Oc4cccc(N5CN(c6ccccc6)c6ccccc65)c4)cc23)c1. The highest BCUT2D eigenvalue weighted by Gasteiger charge is 2.28. The molecule has 6 heteroatoms. The summed E-state index contributed by atoms with van der Waals surface area (Å²) in [6, 6.07) is 43.3. The number of thiophene rings is 2. The third-order valence-corrected chi connectivity index (χ3v) is 11.3. The van der Waals surface area contributed by atoms with Gasteiger partial charge in [-0.25, -0.2) is 0 Å². The van der Waals surface area contributed by atoms with Crippen molar-refractivity contribution in [2.24, 2.45) is 0 Å². The van der Waals surface area contributed by atoms with E-state index in [1.807, 2.05) is 12.3 Å². The molecule has 48 heavy (non-hydrogen) atoms. The number of pyridine rings is 1. The Bertz CT molecular complexity index is 2470. The fraction of sp³-hybridized carbons (Fsp3) is 0.119. The second kappa shape index (κ2) is 11.2. The van der Waals surface area contributed by atoms with Crippen molar-refractivity contribution in [1.82, 2.24) is 4.98 Å². The van der Waals surface area contributed by atoms with Crippen molar-refractivity contribution in [3.8, 4) is 22.1 Å². The van der Waals surface area contributed by atoms with Gasteiger partial charge in [0, 0.05) is 60.8 Å². The number of hydrogen-bond acceptors (Lipinski definition) is 6. The van der Waals surface area contributed by atoms with Crippen molar-refractivity contribution in [3.05, 3.63) is 138 Å². The van der Waals surface area contributed by atoms with E-state index in [0.717, 1.165) is 34.4 Å². The molecule has 4 heterocycles. The Balaban J connectivity index is 1.13. The van der Waals surface area contributed by atoms with Crippen LogP contribution in [0.5, 0.6) is 10.8 Å². The minimum Gasteiger partial charge on any atom is -0.447 e. The van der Waals surface area contributed by atoms with Gasteiger partial charge in [0.15, 0.2) is 5.06 Å². The maximum absolute atomic E-state index is 6.71. The van der Waals surface area contributed by atoms with Gasteiger partial charge in [-0.3, -0.25) is 4.98 Å². The molecule has 9 rings (SSSR count). The average Bonchev–Trinajstić information content (AvgIpc) is 3.85. The Morgan fingerprint density at radius 1 is 0.667 bits per heavy atom. The molecule has 0 fully saturated rings. The Labute approximate surface area is 288 Å². The number of para-hydroxylation sites is 3. The third-order valence-electron chi connectivity index (χ3n) is 9.26. The van der Waals surface area contributed by atoms with Gasteiger partial charge in [0.25, 0.3) is 0 Å². The number of anilines is 4. The summed E-state index contributed by atoms with van der Waals surface area (Å²) >= 11 is 3.51. The van der Waals surface area contributed by atoms with E-state index in [2.05, 4.69) is 151 Å². The van der Waals surface area contributed by atoms with E-state index in [1.54, 1.807) is 22.7 Å². The van der Waals surface area contributed by atoms with Crippen molar-refractivity contribution in [3.63, 3.8) is 0 Å². The van der Waals surface area contributed by atoms with Gasteiger partial charge in [-0.15, -0.1) is 11.3 Å². The molecule has 0 bridgehead atoms. The van der Waals surface area contributed by atoms with Gasteiger partial charge in [0.1, 0.15) is 12.4 Å². The van der Waals surface area contributed by atoms with Crippen molar-refractivity contribution in [1.29, 1.82) is 0 Å². The van der Waals surface area contributed by atoms with Gasteiger partial charge in [-0.1, -0.05) is 80.6 Å². The Kier molecular flexibility index (Phi) is 6.78. The lowest BCUT2D eigenvalue weighted by atomic mass is 9.86. The van der Waals surface area contributed by atoms with Gasteiger partial charge < -0.3 is 14.5 Å². The molecule has 3 aromatic heterocycles. The Morgan fingerprint density at radius 2 is 1.44 bits per heavy atom. The number of hydrogen-bond donors (Lipinski definition) is 0. The zero-order valence-corrected chi connectivity index (χ0v) is 28.6. The summed E-state index contributed by atoms with van der Waals surface area (Å²) < 4.78 is 9.24. The Hall–Kier alpha value is -5.17. The van der Waals surface area contributed by atoms with Crippen LogP contribution in [0, 0.1) is 0 Å². The van der Waals surface area contributed by atoms with Crippen LogP contribution in [0.4, 0.5) is 22.7 Å². The zero-order chi connectivity index (χ0) is 32.4. The van der Waals surface area contributed by atoms with Gasteiger partial charge in [-0.05, 0) is 82.4 Å². The number of fused-ring (bicyclic) bond motifs is 6. The zero-order valence-electron chi connectivity index (χ0n) is 27.0. The van der Waals surface area contributed by atoms with E-state index in [4.69, 9.17) is 9.72 Å².